The van der Waals surface area contributed by atoms with Crippen molar-refractivity contribution < 1.29 is 14.3 Å². The lowest BCUT2D eigenvalue weighted by Crippen LogP contribution is -2.68. The summed E-state index contributed by atoms with van der Waals surface area (Å²) in [6.45, 7) is 6.10. The van der Waals surface area contributed by atoms with Gasteiger partial charge in [0, 0.05) is 13.2 Å². The number of hydrogen-bond acceptors (Lipinski definition) is 3. The van der Waals surface area contributed by atoms with Gasteiger partial charge in [0.2, 0.25) is 11.8 Å². The van der Waals surface area contributed by atoms with Gasteiger partial charge in [-0.2, -0.15) is 0 Å². The van der Waals surface area contributed by atoms with Crippen molar-refractivity contribution in [2.75, 3.05) is 7.11 Å². The number of hydrogen-bond donors (Lipinski definition) is 1. The van der Waals surface area contributed by atoms with Crippen LogP contribution in [0.2, 0.25) is 0 Å². The fourth-order valence-electron chi connectivity index (χ4n) is 3.19. The Hall–Kier alpha value is -1.10. The van der Waals surface area contributed by atoms with Gasteiger partial charge in [0.25, 0.3) is 0 Å². The minimum atomic E-state index is -0.355. The highest BCUT2D eigenvalue weighted by Crippen LogP contribution is 2.32. The zero-order valence-electron chi connectivity index (χ0n) is 12.9. The molecule has 0 aromatic carbocycles. The zero-order valence-corrected chi connectivity index (χ0v) is 12.9. The maximum absolute atomic E-state index is 12.7. The number of piperazine rings is 1. The summed E-state index contributed by atoms with van der Waals surface area (Å²) < 4.78 is 5.29. The summed E-state index contributed by atoms with van der Waals surface area (Å²) in [5.74, 6) is 0.473. The second-order valence-corrected chi connectivity index (χ2v) is 6.34. The van der Waals surface area contributed by atoms with Crippen LogP contribution in [0.3, 0.4) is 0 Å². The Bertz CT molecular complexity index is 377. The van der Waals surface area contributed by atoms with E-state index < -0.39 is 0 Å². The average molecular weight is 282 g/mol. The summed E-state index contributed by atoms with van der Waals surface area (Å²) in [6, 6.07) is -0.501. The Morgan fingerprint density at radius 1 is 1.35 bits per heavy atom. The van der Waals surface area contributed by atoms with E-state index in [0.717, 1.165) is 12.8 Å². The van der Waals surface area contributed by atoms with Crippen molar-refractivity contribution in [2.24, 2.45) is 5.92 Å². The normalized spacial score (nSPS) is 34.1. The predicted octanol–water partition coefficient (Wildman–Crippen LogP) is 1.32. The standard InChI is InChI=1S/C15H26N2O3/c1-5-13-14(18)16-12(6-9(2)3)15(19)17(13)10-7-11(8-10)20-4/h9-13H,5-8H2,1-4H3,(H,16,18). The quantitative estimate of drug-likeness (QED) is 0.827. The van der Waals surface area contributed by atoms with Crippen molar-refractivity contribution in [1.82, 2.24) is 10.2 Å². The van der Waals surface area contributed by atoms with E-state index in [9.17, 15) is 9.59 Å². The Morgan fingerprint density at radius 2 is 2.00 bits per heavy atom. The van der Waals surface area contributed by atoms with Crippen molar-refractivity contribution in [1.29, 1.82) is 0 Å². The van der Waals surface area contributed by atoms with Crippen LogP contribution in [0.15, 0.2) is 0 Å². The van der Waals surface area contributed by atoms with E-state index in [1.54, 1.807) is 7.11 Å². The highest BCUT2D eigenvalue weighted by Gasteiger charge is 2.46. The molecule has 2 atom stereocenters. The average Bonchev–Trinajstić information content (AvgIpc) is 2.33. The summed E-state index contributed by atoms with van der Waals surface area (Å²) >= 11 is 0. The number of amides is 2. The Morgan fingerprint density at radius 3 is 2.50 bits per heavy atom. The van der Waals surface area contributed by atoms with E-state index in [0.29, 0.717) is 18.8 Å². The van der Waals surface area contributed by atoms with E-state index in [1.807, 2.05) is 11.8 Å². The monoisotopic (exact) mass is 282 g/mol. The second-order valence-electron chi connectivity index (χ2n) is 6.34. The van der Waals surface area contributed by atoms with Gasteiger partial charge in [0.1, 0.15) is 12.1 Å². The van der Waals surface area contributed by atoms with E-state index in [-0.39, 0.29) is 36.0 Å². The fourth-order valence-corrected chi connectivity index (χ4v) is 3.19. The molecule has 1 saturated carbocycles. The first kappa shape index (κ1) is 15.3. The molecule has 0 radical (unpaired) electrons. The van der Waals surface area contributed by atoms with Crippen molar-refractivity contribution in [3.05, 3.63) is 0 Å². The van der Waals surface area contributed by atoms with Gasteiger partial charge in [-0.1, -0.05) is 20.8 Å². The van der Waals surface area contributed by atoms with Crippen LogP contribution in [-0.4, -0.2) is 48.1 Å². The third-order valence-electron chi connectivity index (χ3n) is 4.40. The second kappa shape index (κ2) is 6.12. The first-order valence-corrected chi connectivity index (χ1v) is 7.63. The maximum atomic E-state index is 12.7. The van der Waals surface area contributed by atoms with Gasteiger partial charge in [0.15, 0.2) is 0 Å². The molecule has 1 saturated heterocycles. The van der Waals surface area contributed by atoms with Crippen molar-refractivity contribution in [2.45, 2.75) is 70.7 Å². The van der Waals surface area contributed by atoms with Gasteiger partial charge >= 0.3 is 0 Å². The lowest BCUT2D eigenvalue weighted by atomic mass is 9.84. The molecule has 2 amide bonds. The Kier molecular flexibility index (Phi) is 4.68. The molecule has 1 N–H and O–H groups in total. The molecule has 2 unspecified atom stereocenters. The smallest absolute Gasteiger partial charge is 0.246 e. The summed E-state index contributed by atoms with van der Waals surface area (Å²) in [5.41, 5.74) is 0. The first-order valence-electron chi connectivity index (χ1n) is 7.63. The molecule has 5 heteroatoms. The minimum absolute atomic E-state index is 0.00128. The van der Waals surface area contributed by atoms with Crippen LogP contribution in [0.25, 0.3) is 0 Å². The minimum Gasteiger partial charge on any atom is -0.381 e. The van der Waals surface area contributed by atoms with E-state index in [2.05, 4.69) is 19.2 Å². The SMILES string of the molecule is CCC1C(=O)NC(CC(C)C)C(=O)N1C1CC(OC)C1. The molecule has 114 valence electrons. The molecule has 0 aromatic heterocycles. The molecule has 1 heterocycles. The number of rotatable bonds is 5. The third kappa shape index (κ3) is 2.82. The Balaban J connectivity index is 2.11. The molecule has 0 aromatic rings. The van der Waals surface area contributed by atoms with Crippen LogP contribution in [0, 0.1) is 5.92 Å². The van der Waals surface area contributed by atoms with Crippen molar-refractivity contribution in [3.63, 3.8) is 0 Å². The molecule has 20 heavy (non-hydrogen) atoms. The van der Waals surface area contributed by atoms with E-state index in [4.69, 9.17) is 4.74 Å². The molecule has 2 aliphatic rings. The van der Waals surface area contributed by atoms with Crippen LogP contribution in [-0.2, 0) is 14.3 Å². The topological polar surface area (TPSA) is 58.6 Å². The molecule has 0 bridgehead atoms. The van der Waals surface area contributed by atoms with E-state index >= 15 is 0 Å². The van der Waals surface area contributed by atoms with Crippen LogP contribution in [0.4, 0.5) is 0 Å². The van der Waals surface area contributed by atoms with Crippen molar-refractivity contribution in [3.8, 4) is 0 Å². The van der Waals surface area contributed by atoms with Crippen LogP contribution in [0.1, 0.15) is 46.5 Å². The van der Waals surface area contributed by atoms with Gasteiger partial charge in [0.05, 0.1) is 6.10 Å². The number of carbonyl (C=O) groups excluding carboxylic acids is 2. The van der Waals surface area contributed by atoms with Crippen LogP contribution in [0.5, 0.6) is 0 Å². The molecular formula is C15H26N2O3. The van der Waals surface area contributed by atoms with E-state index in [1.165, 1.54) is 0 Å². The molecule has 1 aliphatic heterocycles. The Labute approximate surface area is 121 Å². The summed E-state index contributed by atoms with van der Waals surface area (Å²) in [7, 11) is 1.70. The highest BCUT2D eigenvalue weighted by atomic mass is 16.5. The van der Waals surface area contributed by atoms with Gasteiger partial charge in [-0.25, -0.2) is 0 Å². The summed E-state index contributed by atoms with van der Waals surface area (Å²) in [4.78, 5) is 26.7. The van der Waals surface area contributed by atoms with Gasteiger partial charge in [-0.3, -0.25) is 9.59 Å². The largest absolute Gasteiger partial charge is 0.381 e. The van der Waals surface area contributed by atoms with Crippen molar-refractivity contribution >= 4 is 11.8 Å². The van der Waals surface area contributed by atoms with Crippen LogP contribution >= 0.6 is 0 Å². The fraction of sp³-hybridized carbons (Fsp3) is 0.867. The molecular weight excluding hydrogens is 256 g/mol. The molecule has 0 spiro atoms. The third-order valence-corrected chi connectivity index (χ3v) is 4.40. The zero-order chi connectivity index (χ0) is 14.9. The highest BCUT2D eigenvalue weighted by molar-refractivity contribution is 5.97. The van der Waals surface area contributed by atoms with Gasteiger partial charge in [-0.15, -0.1) is 0 Å². The number of nitrogens with one attached hydrogen (secondary N) is 1. The molecule has 2 rings (SSSR count). The predicted molar refractivity (Wildman–Crippen MR) is 76.1 cm³/mol. The molecule has 5 nitrogen and oxygen atoms in total. The molecule has 1 aliphatic carbocycles. The number of ether oxygens (including phenoxy) is 1. The lowest BCUT2D eigenvalue weighted by Gasteiger charge is -2.49. The molecule has 2 fully saturated rings. The summed E-state index contributed by atoms with van der Waals surface area (Å²) in [5, 5.41) is 2.90. The number of methoxy groups -OCH3 is 1. The van der Waals surface area contributed by atoms with Gasteiger partial charge < -0.3 is 15.0 Å². The van der Waals surface area contributed by atoms with Crippen LogP contribution < -0.4 is 5.32 Å². The van der Waals surface area contributed by atoms with Gasteiger partial charge in [-0.05, 0) is 31.6 Å². The number of nitrogens with zero attached hydrogens (tertiary/aromatic N) is 1. The maximum Gasteiger partial charge on any atom is 0.246 e. The number of carbonyl (C=O) groups is 2. The summed E-state index contributed by atoms with van der Waals surface area (Å²) in [6.07, 6.45) is 3.30. The first-order chi connectivity index (χ1) is 9.47. The lowest BCUT2D eigenvalue weighted by molar-refractivity contribution is -0.158.